The molecule has 7 heteroatoms. The number of aliphatic hydroxyl groups is 1. The molecule has 1 aliphatic rings. The highest BCUT2D eigenvalue weighted by Gasteiger charge is 2.33. The summed E-state index contributed by atoms with van der Waals surface area (Å²) in [5.41, 5.74) is 5.46. The lowest BCUT2D eigenvalue weighted by molar-refractivity contribution is -0.138. The van der Waals surface area contributed by atoms with Crippen LogP contribution in [0.4, 0.5) is 18.9 Å². The van der Waals surface area contributed by atoms with Crippen molar-refractivity contribution in [1.29, 1.82) is 0 Å². The number of nitrogens with zero attached hydrogens (tertiary/aromatic N) is 1. The molecule has 1 aliphatic heterocycles. The third-order valence-electron chi connectivity index (χ3n) is 3.32. The van der Waals surface area contributed by atoms with Gasteiger partial charge in [-0.1, -0.05) is 0 Å². The molecule has 1 aromatic carbocycles. The number of nitrogens with two attached hydrogens (primary N) is 1. The van der Waals surface area contributed by atoms with Gasteiger partial charge in [0.05, 0.1) is 24.9 Å². The van der Waals surface area contributed by atoms with Crippen LogP contribution >= 0.6 is 0 Å². The number of benzene rings is 1. The monoisotopic (exact) mass is 290 g/mol. The quantitative estimate of drug-likeness (QED) is 0.882. The van der Waals surface area contributed by atoms with Crippen LogP contribution in [0.25, 0.3) is 0 Å². The van der Waals surface area contributed by atoms with Crippen LogP contribution in [0.1, 0.15) is 11.1 Å². The molecule has 0 aromatic heterocycles. The van der Waals surface area contributed by atoms with Crippen molar-refractivity contribution in [2.45, 2.75) is 18.8 Å². The molecule has 112 valence electrons. The lowest BCUT2D eigenvalue weighted by Gasteiger charge is -2.34. The van der Waals surface area contributed by atoms with Crippen molar-refractivity contribution in [3.05, 3.63) is 29.3 Å². The Labute approximate surface area is 114 Å². The van der Waals surface area contributed by atoms with E-state index in [2.05, 4.69) is 0 Å². The van der Waals surface area contributed by atoms with Gasteiger partial charge in [0.15, 0.2) is 0 Å². The number of ether oxygens (including phenoxy) is 1. The van der Waals surface area contributed by atoms with E-state index in [1.165, 1.54) is 12.1 Å². The fourth-order valence-corrected chi connectivity index (χ4v) is 2.29. The van der Waals surface area contributed by atoms with E-state index in [-0.39, 0.29) is 24.8 Å². The maximum absolute atomic E-state index is 12.8. The molecule has 1 unspecified atom stereocenters. The summed E-state index contributed by atoms with van der Waals surface area (Å²) in [6, 6.07) is 3.95. The van der Waals surface area contributed by atoms with E-state index in [0.717, 1.165) is 6.07 Å². The fraction of sp³-hybridized carbons (Fsp3) is 0.538. The standard InChI is InChI=1S/C13H17F3N2O2/c14-13(15,16)12-2-1-10(5-9(12)6-17)18-3-4-20-11(7-18)8-19/h1-2,5,11,19H,3-4,6-8,17H2. The second-order valence-corrected chi connectivity index (χ2v) is 4.66. The van der Waals surface area contributed by atoms with Crippen LogP contribution in [0.15, 0.2) is 18.2 Å². The Morgan fingerprint density at radius 2 is 2.15 bits per heavy atom. The van der Waals surface area contributed by atoms with E-state index in [1.54, 1.807) is 0 Å². The molecule has 0 saturated carbocycles. The van der Waals surface area contributed by atoms with Crippen LogP contribution in [0.2, 0.25) is 0 Å². The van der Waals surface area contributed by atoms with E-state index in [0.29, 0.717) is 25.4 Å². The van der Waals surface area contributed by atoms with Gasteiger partial charge in [-0.2, -0.15) is 13.2 Å². The molecule has 0 aliphatic carbocycles. The summed E-state index contributed by atoms with van der Waals surface area (Å²) in [5, 5.41) is 9.09. The first-order chi connectivity index (χ1) is 9.45. The van der Waals surface area contributed by atoms with Crippen LogP contribution in [0.5, 0.6) is 0 Å². The minimum Gasteiger partial charge on any atom is -0.394 e. The van der Waals surface area contributed by atoms with Crippen molar-refractivity contribution in [2.75, 3.05) is 31.2 Å². The van der Waals surface area contributed by atoms with Gasteiger partial charge in [0.2, 0.25) is 0 Å². The van der Waals surface area contributed by atoms with Gasteiger partial charge in [-0.05, 0) is 23.8 Å². The van der Waals surface area contributed by atoms with Gasteiger partial charge >= 0.3 is 6.18 Å². The zero-order valence-electron chi connectivity index (χ0n) is 10.9. The van der Waals surface area contributed by atoms with Gasteiger partial charge in [-0.15, -0.1) is 0 Å². The Hall–Kier alpha value is -1.31. The fourth-order valence-electron chi connectivity index (χ4n) is 2.29. The topological polar surface area (TPSA) is 58.7 Å². The number of aliphatic hydroxyl groups excluding tert-OH is 1. The lowest BCUT2D eigenvalue weighted by atomic mass is 10.1. The Morgan fingerprint density at radius 1 is 1.40 bits per heavy atom. The number of anilines is 1. The Balaban J connectivity index is 2.25. The van der Waals surface area contributed by atoms with E-state index in [1.807, 2.05) is 4.90 Å². The number of hydrogen-bond acceptors (Lipinski definition) is 4. The molecule has 1 saturated heterocycles. The highest BCUT2D eigenvalue weighted by atomic mass is 19.4. The van der Waals surface area contributed by atoms with Gasteiger partial charge in [-0.3, -0.25) is 0 Å². The Kier molecular flexibility index (Phi) is 4.52. The van der Waals surface area contributed by atoms with Crippen molar-refractivity contribution in [3.63, 3.8) is 0 Å². The maximum Gasteiger partial charge on any atom is 0.416 e. The SMILES string of the molecule is NCc1cc(N2CCOC(CO)C2)ccc1C(F)(F)F. The molecule has 1 heterocycles. The number of alkyl halides is 3. The third-order valence-corrected chi connectivity index (χ3v) is 3.32. The maximum atomic E-state index is 12.8. The molecule has 20 heavy (non-hydrogen) atoms. The molecular formula is C13H17F3N2O2. The predicted molar refractivity (Wildman–Crippen MR) is 68.4 cm³/mol. The Bertz CT molecular complexity index is 465. The van der Waals surface area contributed by atoms with Crippen LogP contribution in [-0.2, 0) is 17.5 Å². The van der Waals surface area contributed by atoms with E-state index in [9.17, 15) is 13.2 Å². The van der Waals surface area contributed by atoms with E-state index < -0.39 is 11.7 Å². The summed E-state index contributed by atoms with van der Waals surface area (Å²) in [5.74, 6) is 0. The molecule has 4 nitrogen and oxygen atoms in total. The average molecular weight is 290 g/mol. The van der Waals surface area contributed by atoms with E-state index >= 15 is 0 Å². The molecule has 0 radical (unpaired) electrons. The Morgan fingerprint density at radius 3 is 2.75 bits per heavy atom. The second kappa shape index (κ2) is 5.99. The summed E-state index contributed by atoms with van der Waals surface area (Å²) in [6.07, 6.45) is -4.71. The molecule has 0 amide bonds. The summed E-state index contributed by atoms with van der Waals surface area (Å²) < 4.78 is 43.7. The molecule has 1 aromatic rings. The van der Waals surface area contributed by atoms with Gasteiger partial charge in [0, 0.05) is 25.3 Å². The van der Waals surface area contributed by atoms with Gasteiger partial charge in [0.25, 0.3) is 0 Å². The number of halogens is 3. The normalized spacial score (nSPS) is 20.2. The summed E-state index contributed by atoms with van der Waals surface area (Å²) in [7, 11) is 0. The van der Waals surface area contributed by atoms with Gasteiger partial charge < -0.3 is 20.5 Å². The predicted octanol–water partition coefficient (Wildman–Crippen LogP) is 1.36. The van der Waals surface area contributed by atoms with Crippen molar-refractivity contribution >= 4 is 5.69 Å². The smallest absolute Gasteiger partial charge is 0.394 e. The highest BCUT2D eigenvalue weighted by molar-refractivity contribution is 5.52. The first-order valence-corrected chi connectivity index (χ1v) is 6.33. The van der Waals surface area contributed by atoms with E-state index in [4.69, 9.17) is 15.6 Å². The number of rotatable bonds is 3. The largest absolute Gasteiger partial charge is 0.416 e. The molecule has 3 N–H and O–H groups in total. The summed E-state index contributed by atoms with van der Waals surface area (Å²) in [6.45, 7) is 1.18. The van der Waals surface area contributed by atoms with Crippen molar-refractivity contribution in [1.82, 2.24) is 0 Å². The summed E-state index contributed by atoms with van der Waals surface area (Å²) in [4.78, 5) is 1.89. The molecule has 0 bridgehead atoms. The van der Waals surface area contributed by atoms with Crippen LogP contribution in [-0.4, -0.2) is 37.5 Å². The second-order valence-electron chi connectivity index (χ2n) is 4.66. The third kappa shape index (κ3) is 3.23. The zero-order chi connectivity index (χ0) is 14.8. The number of hydrogen-bond donors (Lipinski definition) is 2. The van der Waals surface area contributed by atoms with Crippen molar-refractivity contribution < 1.29 is 23.0 Å². The lowest BCUT2D eigenvalue weighted by Crippen LogP contribution is -2.44. The first-order valence-electron chi connectivity index (χ1n) is 6.33. The minimum absolute atomic E-state index is 0.0713. The average Bonchev–Trinajstić information content (AvgIpc) is 2.45. The molecule has 1 fully saturated rings. The van der Waals surface area contributed by atoms with Crippen LogP contribution < -0.4 is 10.6 Å². The molecule has 0 spiro atoms. The summed E-state index contributed by atoms with van der Waals surface area (Å²) >= 11 is 0. The molecule has 1 atom stereocenters. The number of morpholine rings is 1. The van der Waals surface area contributed by atoms with Crippen molar-refractivity contribution in [2.24, 2.45) is 5.73 Å². The van der Waals surface area contributed by atoms with Gasteiger partial charge in [0.1, 0.15) is 0 Å². The first kappa shape index (κ1) is 15.1. The molecule has 2 rings (SSSR count). The molecular weight excluding hydrogens is 273 g/mol. The minimum atomic E-state index is -4.40. The van der Waals surface area contributed by atoms with Crippen LogP contribution in [0, 0.1) is 0 Å². The van der Waals surface area contributed by atoms with Crippen LogP contribution in [0.3, 0.4) is 0 Å². The van der Waals surface area contributed by atoms with Gasteiger partial charge in [-0.25, -0.2) is 0 Å². The highest BCUT2D eigenvalue weighted by Crippen LogP contribution is 2.34. The van der Waals surface area contributed by atoms with Crippen molar-refractivity contribution in [3.8, 4) is 0 Å². The zero-order valence-corrected chi connectivity index (χ0v) is 10.9.